The predicted octanol–water partition coefficient (Wildman–Crippen LogP) is 2.84. The van der Waals surface area contributed by atoms with Gasteiger partial charge in [0.2, 0.25) is 0 Å². The molecular formula is C14H12BrClN2O4. The molecule has 2 N–H and O–H groups in total. The zero-order valence-electron chi connectivity index (χ0n) is 11.5. The van der Waals surface area contributed by atoms with Gasteiger partial charge in [0.15, 0.2) is 12.4 Å². The number of rotatable bonds is 4. The lowest BCUT2D eigenvalue weighted by atomic mass is 10.2. The molecule has 0 saturated heterocycles. The second-order valence-corrected chi connectivity index (χ2v) is 5.62. The maximum Gasteiger partial charge on any atom is 0.305 e. The lowest BCUT2D eigenvalue weighted by Crippen LogP contribution is -2.43. The van der Waals surface area contributed by atoms with Crippen molar-refractivity contribution in [2.24, 2.45) is 0 Å². The lowest BCUT2D eigenvalue weighted by Gasteiger charge is -2.11. The molecule has 2 aromatic rings. The predicted molar refractivity (Wildman–Crippen MR) is 83.7 cm³/mol. The number of carbonyl (C=O) groups is 2. The number of nitrogens with one attached hydrogen (secondary N) is 2. The zero-order chi connectivity index (χ0) is 16.1. The third-order valence-electron chi connectivity index (χ3n) is 2.60. The number of amides is 2. The summed E-state index contributed by atoms with van der Waals surface area (Å²) in [6.07, 6.45) is 1.36. The van der Waals surface area contributed by atoms with Crippen molar-refractivity contribution in [1.29, 1.82) is 0 Å². The number of benzene rings is 1. The van der Waals surface area contributed by atoms with Crippen molar-refractivity contribution in [1.82, 2.24) is 10.9 Å². The van der Waals surface area contributed by atoms with Crippen molar-refractivity contribution in [2.75, 3.05) is 6.61 Å². The van der Waals surface area contributed by atoms with Crippen LogP contribution in [0, 0.1) is 6.92 Å². The van der Waals surface area contributed by atoms with E-state index in [9.17, 15) is 9.59 Å². The van der Waals surface area contributed by atoms with E-state index in [4.69, 9.17) is 20.8 Å². The summed E-state index contributed by atoms with van der Waals surface area (Å²) in [4.78, 5) is 23.2. The molecule has 0 bridgehead atoms. The number of furan rings is 1. The van der Waals surface area contributed by atoms with Gasteiger partial charge in [0.1, 0.15) is 5.75 Å². The topological polar surface area (TPSA) is 80.6 Å². The molecule has 0 atom stereocenters. The Bertz CT molecular complexity index is 665. The van der Waals surface area contributed by atoms with Gasteiger partial charge in [0.25, 0.3) is 5.91 Å². The molecule has 1 heterocycles. The first kappa shape index (κ1) is 16.4. The molecule has 1 aromatic carbocycles. The number of ether oxygens (including phenoxy) is 1. The summed E-state index contributed by atoms with van der Waals surface area (Å²) < 4.78 is 11.1. The zero-order valence-corrected chi connectivity index (χ0v) is 13.8. The van der Waals surface area contributed by atoms with Gasteiger partial charge < -0.3 is 9.15 Å². The molecule has 0 fully saturated rings. The Morgan fingerprint density at radius 3 is 2.77 bits per heavy atom. The monoisotopic (exact) mass is 386 g/mol. The smallest absolute Gasteiger partial charge is 0.305 e. The summed E-state index contributed by atoms with van der Waals surface area (Å²) in [6.45, 7) is 1.52. The van der Waals surface area contributed by atoms with Crippen LogP contribution < -0.4 is 15.6 Å². The van der Waals surface area contributed by atoms with Gasteiger partial charge in [-0.25, -0.2) is 0 Å². The largest absolute Gasteiger partial charge is 0.482 e. The Morgan fingerprint density at radius 1 is 1.36 bits per heavy atom. The molecule has 2 amide bonds. The van der Waals surface area contributed by atoms with Crippen LogP contribution in [-0.4, -0.2) is 18.4 Å². The second-order valence-electron chi connectivity index (χ2n) is 4.30. The highest BCUT2D eigenvalue weighted by atomic mass is 79.9. The number of hydrogen-bond donors (Lipinski definition) is 2. The van der Waals surface area contributed by atoms with Crippen molar-refractivity contribution in [3.8, 4) is 5.75 Å². The maximum atomic E-state index is 11.6. The molecule has 2 rings (SSSR count). The second kappa shape index (κ2) is 7.33. The van der Waals surface area contributed by atoms with Gasteiger partial charge in [-0.2, -0.15) is 0 Å². The normalized spacial score (nSPS) is 10.1. The van der Waals surface area contributed by atoms with E-state index in [0.29, 0.717) is 10.8 Å². The number of hydrazine groups is 1. The number of halogens is 2. The number of aryl methyl sites for hydroxylation is 1. The first-order chi connectivity index (χ1) is 10.5. The molecule has 0 aliphatic heterocycles. The summed E-state index contributed by atoms with van der Waals surface area (Å²) in [5.41, 5.74) is 5.21. The minimum Gasteiger partial charge on any atom is -0.482 e. The average molecular weight is 388 g/mol. The quantitative estimate of drug-likeness (QED) is 0.791. The molecule has 0 radical (unpaired) electrons. The van der Waals surface area contributed by atoms with E-state index >= 15 is 0 Å². The fourth-order valence-corrected chi connectivity index (χ4v) is 2.67. The van der Waals surface area contributed by atoms with Crippen LogP contribution in [0.25, 0.3) is 0 Å². The Labute approximate surface area is 139 Å². The number of hydrogen-bond acceptors (Lipinski definition) is 4. The van der Waals surface area contributed by atoms with Crippen molar-refractivity contribution >= 4 is 39.3 Å². The first-order valence-electron chi connectivity index (χ1n) is 6.18. The minimum atomic E-state index is -0.559. The molecule has 116 valence electrons. The molecule has 0 unspecified atom stereocenters. The number of carbonyl (C=O) groups excluding carboxylic acids is 2. The molecule has 1 aromatic heterocycles. The van der Waals surface area contributed by atoms with Crippen LogP contribution >= 0.6 is 27.5 Å². The van der Waals surface area contributed by atoms with E-state index in [2.05, 4.69) is 26.8 Å². The van der Waals surface area contributed by atoms with Crippen molar-refractivity contribution in [3.63, 3.8) is 0 Å². The average Bonchev–Trinajstić information content (AvgIpc) is 2.97. The van der Waals surface area contributed by atoms with E-state index in [1.54, 1.807) is 12.1 Å². The van der Waals surface area contributed by atoms with Gasteiger partial charge >= 0.3 is 5.91 Å². The van der Waals surface area contributed by atoms with Crippen molar-refractivity contribution < 1.29 is 18.7 Å². The summed E-state index contributed by atoms with van der Waals surface area (Å²) in [7, 11) is 0. The van der Waals surface area contributed by atoms with Gasteiger partial charge in [-0.05, 0) is 36.8 Å². The fraction of sp³-hybridized carbons (Fsp3) is 0.143. The summed E-state index contributed by atoms with van der Waals surface area (Å²) in [5.74, 6) is -0.583. The van der Waals surface area contributed by atoms with E-state index in [1.807, 2.05) is 13.0 Å². The summed E-state index contributed by atoms with van der Waals surface area (Å²) >= 11 is 9.36. The molecule has 0 spiro atoms. The molecule has 0 aliphatic rings. The Kier molecular flexibility index (Phi) is 5.46. The highest BCUT2D eigenvalue weighted by Crippen LogP contribution is 2.31. The van der Waals surface area contributed by atoms with Crippen LogP contribution in [0.5, 0.6) is 5.75 Å². The first-order valence-corrected chi connectivity index (χ1v) is 7.35. The third-order valence-corrected chi connectivity index (χ3v) is 3.34. The molecule has 22 heavy (non-hydrogen) atoms. The standard InChI is InChI=1S/C14H12BrClN2O4/c1-8-5-9(15)6-10(16)13(8)22-7-12(19)17-18-14(20)11-3-2-4-21-11/h2-6H,7H2,1H3,(H,17,19)(H,18,20). The van der Waals surface area contributed by atoms with Gasteiger partial charge in [-0.3, -0.25) is 20.4 Å². The van der Waals surface area contributed by atoms with Crippen molar-refractivity contribution in [3.05, 3.63) is 51.3 Å². The van der Waals surface area contributed by atoms with Crippen LogP contribution in [0.3, 0.4) is 0 Å². The minimum absolute atomic E-state index is 0.0908. The summed E-state index contributed by atoms with van der Waals surface area (Å²) in [5, 5.41) is 0.388. The maximum absolute atomic E-state index is 11.6. The highest BCUT2D eigenvalue weighted by Gasteiger charge is 2.12. The van der Waals surface area contributed by atoms with Gasteiger partial charge in [-0.1, -0.05) is 27.5 Å². The van der Waals surface area contributed by atoms with Gasteiger partial charge in [0.05, 0.1) is 11.3 Å². The molecule has 0 saturated carbocycles. The van der Waals surface area contributed by atoms with Crippen molar-refractivity contribution in [2.45, 2.75) is 6.92 Å². The van der Waals surface area contributed by atoms with Crippen LogP contribution in [-0.2, 0) is 4.79 Å². The van der Waals surface area contributed by atoms with E-state index in [1.165, 1.54) is 12.3 Å². The lowest BCUT2D eigenvalue weighted by molar-refractivity contribution is -0.123. The molecular weight excluding hydrogens is 376 g/mol. The third kappa shape index (κ3) is 4.25. The Balaban J connectivity index is 1.85. The highest BCUT2D eigenvalue weighted by molar-refractivity contribution is 9.10. The Morgan fingerprint density at radius 2 is 2.14 bits per heavy atom. The summed E-state index contributed by atoms with van der Waals surface area (Å²) in [6, 6.07) is 6.53. The fourth-order valence-electron chi connectivity index (χ4n) is 1.64. The van der Waals surface area contributed by atoms with E-state index < -0.39 is 11.8 Å². The van der Waals surface area contributed by atoms with Crippen LogP contribution in [0.1, 0.15) is 16.1 Å². The van der Waals surface area contributed by atoms with Crippen LogP contribution in [0.4, 0.5) is 0 Å². The van der Waals surface area contributed by atoms with Crippen LogP contribution in [0.15, 0.2) is 39.4 Å². The van der Waals surface area contributed by atoms with Gasteiger partial charge in [-0.15, -0.1) is 0 Å². The van der Waals surface area contributed by atoms with Crippen LogP contribution in [0.2, 0.25) is 5.02 Å². The SMILES string of the molecule is Cc1cc(Br)cc(Cl)c1OCC(=O)NNC(=O)c1ccco1. The van der Waals surface area contributed by atoms with E-state index in [0.717, 1.165) is 10.0 Å². The Hall–Kier alpha value is -1.99. The molecule has 8 heteroatoms. The van der Waals surface area contributed by atoms with E-state index in [-0.39, 0.29) is 12.4 Å². The van der Waals surface area contributed by atoms with Gasteiger partial charge in [0, 0.05) is 4.47 Å². The molecule has 0 aliphatic carbocycles. The molecule has 6 nitrogen and oxygen atoms in total.